The topological polar surface area (TPSA) is 63.5 Å². The Balaban J connectivity index is 2.17. The van der Waals surface area contributed by atoms with Crippen LogP contribution in [-0.2, 0) is 6.54 Å². The molecule has 0 saturated heterocycles. The SMILES string of the molecule is Cc1cc(C(=O)N(C)Cc2cccc(F)c2)ccc1[N+](=O)[O-]. The molecule has 0 aromatic heterocycles. The molecular weight excluding hydrogens is 287 g/mol. The molecule has 2 aromatic rings. The van der Waals surface area contributed by atoms with Gasteiger partial charge in [-0.3, -0.25) is 14.9 Å². The Labute approximate surface area is 127 Å². The monoisotopic (exact) mass is 302 g/mol. The third-order valence-electron chi connectivity index (χ3n) is 3.30. The Morgan fingerprint density at radius 3 is 2.59 bits per heavy atom. The number of rotatable bonds is 4. The average Bonchev–Trinajstić information content (AvgIpc) is 2.45. The summed E-state index contributed by atoms with van der Waals surface area (Å²) < 4.78 is 13.1. The quantitative estimate of drug-likeness (QED) is 0.643. The molecule has 2 aromatic carbocycles. The molecule has 0 radical (unpaired) electrons. The van der Waals surface area contributed by atoms with E-state index in [0.717, 1.165) is 0 Å². The lowest BCUT2D eigenvalue weighted by Gasteiger charge is -2.17. The zero-order valence-corrected chi connectivity index (χ0v) is 12.2. The maximum Gasteiger partial charge on any atom is 0.272 e. The minimum Gasteiger partial charge on any atom is -0.337 e. The van der Waals surface area contributed by atoms with Crippen molar-refractivity contribution in [3.63, 3.8) is 0 Å². The van der Waals surface area contributed by atoms with Gasteiger partial charge in [0, 0.05) is 30.8 Å². The molecule has 2 rings (SSSR count). The first-order valence-electron chi connectivity index (χ1n) is 6.63. The van der Waals surface area contributed by atoms with Gasteiger partial charge in [0.25, 0.3) is 11.6 Å². The Morgan fingerprint density at radius 1 is 1.27 bits per heavy atom. The van der Waals surface area contributed by atoms with Crippen molar-refractivity contribution in [3.8, 4) is 0 Å². The summed E-state index contributed by atoms with van der Waals surface area (Å²) in [6, 6.07) is 10.2. The zero-order valence-electron chi connectivity index (χ0n) is 12.2. The summed E-state index contributed by atoms with van der Waals surface area (Å²) in [6.07, 6.45) is 0. The number of hydrogen-bond acceptors (Lipinski definition) is 3. The van der Waals surface area contributed by atoms with Gasteiger partial charge < -0.3 is 4.90 Å². The van der Waals surface area contributed by atoms with Gasteiger partial charge in [0.05, 0.1) is 4.92 Å². The maximum atomic E-state index is 13.1. The normalized spacial score (nSPS) is 10.3. The summed E-state index contributed by atoms with van der Waals surface area (Å²) in [5, 5.41) is 10.8. The Hall–Kier alpha value is -2.76. The smallest absolute Gasteiger partial charge is 0.272 e. The highest BCUT2D eigenvalue weighted by atomic mass is 19.1. The molecule has 0 aliphatic carbocycles. The van der Waals surface area contributed by atoms with Crippen LogP contribution in [0.15, 0.2) is 42.5 Å². The number of aryl methyl sites for hydroxylation is 1. The van der Waals surface area contributed by atoms with Crippen LogP contribution in [-0.4, -0.2) is 22.8 Å². The molecule has 0 spiro atoms. The van der Waals surface area contributed by atoms with Crippen LogP contribution in [0.4, 0.5) is 10.1 Å². The number of benzene rings is 2. The van der Waals surface area contributed by atoms with Crippen molar-refractivity contribution in [1.82, 2.24) is 4.90 Å². The predicted molar refractivity (Wildman–Crippen MR) is 80.0 cm³/mol. The molecule has 0 aliphatic heterocycles. The van der Waals surface area contributed by atoms with Crippen LogP contribution in [0.2, 0.25) is 0 Å². The van der Waals surface area contributed by atoms with Crippen molar-refractivity contribution in [2.45, 2.75) is 13.5 Å². The Morgan fingerprint density at radius 2 is 2.00 bits per heavy atom. The minimum absolute atomic E-state index is 0.0238. The molecule has 22 heavy (non-hydrogen) atoms. The van der Waals surface area contributed by atoms with Gasteiger partial charge in [0.2, 0.25) is 0 Å². The third kappa shape index (κ3) is 3.46. The van der Waals surface area contributed by atoms with Crippen LogP contribution in [0.5, 0.6) is 0 Å². The molecule has 0 atom stereocenters. The second-order valence-corrected chi connectivity index (χ2v) is 5.05. The highest BCUT2D eigenvalue weighted by Gasteiger charge is 2.16. The first kappa shape index (κ1) is 15.6. The number of carbonyl (C=O) groups excluding carboxylic acids is 1. The zero-order chi connectivity index (χ0) is 16.3. The molecule has 0 bridgehead atoms. The van der Waals surface area contributed by atoms with Gasteiger partial charge in [0.1, 0.15) is 5.82 Å². The summed E-state index contributed by atoms with van der Waals surface area (Å²) in [5.74, 6) is -0.633. The van der Waals surface area contributed by atoms with E-state index in [1.807, 2.05) is 0 Å². The van der Waals surface area contributed by atoms with Crippen LogP contribution < -0.4 is 0 Å². The van der Waals surface area contributed by atoms with E-state index in [2.05, 4.69) is 0 Å². The second kappa shape index (κ2) is 6.34. The van der Waals surface area contributed by atoms with Crippen molar-refractivity contribution >= 4 is 11.6 Å². The summed E-state index contributed by atoms with van der Waals surface area (Å²) in [5.41, 5.74) is 1.44. The second-order valence-electron chi connectivity index (χ2n) is 5.05. The van der Waals surface area contributed by atoms with E-state index in [0.29, 0.717) is 16.7 Å². The van der Waals surface area contributed by atoms with Gasteiger partial charge in [-0.1, -0.05) is 12.1 Å². The third-order valence-corrected chi connectivity index (χ3v) is 3.30. The van der Waals surface area contributed by atoms with Crippen molar-refractivity contribution in [2.24, 2.45) is 0 Å². The van der Waals surface area contributed by atoms with E-state index < -0.39 is 4.92 Å². The van der Waals surface area contributed by atoms with Gasteiger partial charge >= 0.3 is 0 Å². The molecule has 0 fully saturated rings. The molecule has 0 unspecified atom stereocenters. The lowest BCUT2D eigenvalue weighted by Crippen LogP contribution is -2.26. The van der Waals surface area contributed by atoms with Crippen LogP contribution in [0.3, 0.4) is 0 Å². The lowest BCUT2D eigenvalue weighted by molar-refractivity contribution is -0.385. The first-order chi connectivity index (χ1) is 10.4. The molecule has 114 valence electrons. The van der Waals surface area contributed by atoms with E-state index in [1.165, 1.54) is 35.2 Å². The van der Waals surface area contributed by atoms with E-state index in [1.54, 1.807) is 26.1 Å². The minimum atomic E-state index is -0.486. The molecular formula is C16H15FN2O3. The maximum absolute atomic E-state index is 13.1. The van der Waals surface area contributed by atoms with E-state index in [4.69, 9.17) is 0 Å². The number of carbonyl (C=O) groups is 1. The summed E-state index contributed by atoms with van der Waals surface area (Å²) >= 11 is 0. The molecule has 1 amide bonds. The van der Waals surface area contributed by atoms with Crippen LogP contribution >= 0.6 is 0 Å². The first-order valence-corrected chi connectivity index (χ1v) is 6.63. The molecule has 0 saturated carbocycles. The standard InChI is InChI=1S/C16H15FN2O3/c1-11-8-13(6-7-15(11)19(21)22)16(20)18(2)10-12-4-3-5-14(17)9-12/h3-9H,10H2,1-2H3. The van der Waals surface area contributed by atoms with Crippen LogP contribution in [0.1, 0.15) is 21.5 Å². The van der Waals surface area contributed by atoms with Gasteiger partial charge in [-0.05, 0) is 36.8 Å². The number of amides is 1. The van der Waals surface area contributed by atoms with Crippen LogP contribution in [0.25, 0.3) is 0 Å². The van der Waals surface area contributed by atoms with Crippen LogP contribution in [0, 0.1) is 22.9 Å². The van der Waals surface area contributed by atoms with Crippen molar-refractivity contribution in [1.29, 1.82) is 0 Å². The molecule has 5 nitrogen and oxygen atoms in total. The summed E-state index contributed by atoms with van der Waals surface area (Å²) in [4.78, 5) is 24.1. The number of nitro groups is 1. The number of nitro benzene ring substituents is 1. The van der Waals surface area contributed by atoms with Crippen molar-refractivity contribution in [2.75, 3.05) is 7.05 Å². The fourth-order valence-corrected chi connectivity index (χ4v) is 2.19. The summed E-state index contributed by atoms with van der Waals surface area (Å²) in [6.45, 7) is 1.84. The lowest BCUT2D eigenvalue weighted by atomic mass is 10.1. The predicted octanol–water partition coefficient (Wildman–Crippen LogP) is 3.31. The largest absolute Gasteiger partial charge is 0.337 e. The molecule has 6 heteroatoms. The van der Waals surface area contributed by atoms with Gasteiger partial charge in [-0.2, -0.15) is 0 Å². The molecule has 0 aliphatic rings. The highest BCUT2D eigenvalue weighted by Crippen LogP contribution is 2.20. The number of nitrogens with zero attached hydrogens (tertiary/aromatic N) is 2. The van der Waals surface area contributed by atoms with E-state index in [-0.39, 0.29) is 24.0 Å². The Bertz CT molecular complexity index is 731. The Kier molecular flexibility index (Phi) is 4.50. The fourth-order valence-electron chi connectivity index (χ4n) is 2.19. The van der Waals surface area contributed by atoms with Gasteiger partial charge in [0.15, 0.2) is 0 Å². The van der Waals surface area contributed by atoms with Crippen molar-refractivity contribution in [3.05, 3.63) is 75.1 Å². The van der Waals surface area contributed by atoms with E-state index >= 15 is 0 Å². The molecule has 0 heterocycles. The number of halogens is 1. The molecule has 0 N–H and O–H groups in total. The number of hydrogen-bond donors (Lipinski definition) is 0. The van der Waals surface area contributed by atoms with Gasteiger partial charge in [-0.15, -0.1) is 0 Å². The highest BCUT2D eigenvalue weighted by molar-refractivity contribution is 5.94. The summed E-state index contributed by atoms with van der Waals surface area (Å²) in [7, 11) is 1.60. The fraction of sp³-hybridized carbons (Fsp3) is 0.188. The van der Waals surface area contributed by atoms with Crippen molar-refractivity contribution < 1.29 is 14.1 Å². The van der Waals surface area contributed by atoms with E-state index in [9.17, 15) is 19.3 Å². The van der Waals surface area contributed by atoms with Gasteiger partial charge in [-0.25, -0.2) is 4.39 Å². The average molecular weight is 302 g/mol.